The van der Waals surface area contributed by atoms with Crippen LogP contribution in [-0.4, -0.2) is 44.2 Å². The number of nitrogen functional groups attached to an aromatic ring is 1. The highest BCUT2D eigenvalue weighted by molar-refractivity contribution is 5.91. The van der Waals surface area contributed by atoms with Crippen molar-refractivity contribution in [2.24, 2.45) is 0 Å². The molecule has 5 nitrogen and oxygen atoms in total. The quantitative estimate of drug-likeness (QED) is 0.591. The molecular formula is C15H25N3O2. The molecule has 0 amide bonds. The summed E-state index contributed by atoms with van der Waals surface area (Å²) < 4.78 is 4.70. The maximum absolute atomic E-state index is 11.5. The molecule has 0 saturated carbocycles. The summed E-state index contributed by atoms with van der Waals surface area (Å²) in [6.45, 7) is 6.06. The summed E-state index contributed by atoms with van der Waals surface area (Å²) in [7, 11) is 3.47. The number of hydrogen-bond donors (Lipinski definition) is 2. The zero-order chi connectivity index (χ0) is 15.1. The molecule has 0 spiro atoms. The number of carbonyl (C=O) groups is 1. The van der Waals surface area contributed by atoms with Gasteiger partial charge in [-0.1, -0.05) is 6.92 Å². The maximum Gasteiger partial charge on any atom is 0.337 e. The molecule has 0 heterocycles. The molecule has 5 heteroatoms. The predicted octanol–water partition coefficient (Wildman–Crippen LogP) is 2.20. The number of nitrogens with one attached hydrogen (secondary N) is 1. The van der Waals surface area contributed by atoms with Gasteiger partial charge in [0.2, 0.25) is 0 Å². The molecule has 20 heavy (non-hydrogen) atoms. The fourth-order valence-corrected chi connectivity index (χ4v) is 1.85. The Bertz CT molecular complexity index is 449. The van der Waals surface area contributed by atoms with Crippen LogP contribution in [0.3, 0.4) is 0 Å². The van der Waals surface area contributed by atoms with Crippen molar-refractivity contribution < 1.29 is 9.53 Å². The number of nitrogens with two attached hydrogens (primary N) is 1. The second-order valence-corrected chi connectivity index (χ2v) is 4.96. The van der Waals surface area contributed by atoms with Crippen LogP contribution in [0.5, 0.6) is 0 Å². The van der Waals surface area contributed by atoms with Crippen molar-refractivity contribution in [3.05, 3.63) is 23.8 Å². The van der Waals surface area contributed by atoms with Crippen LogP contribution in [0.4, 0.5) is 11.4 Å². The van der Waals surface area contributed by atoms with Gasteiger partial charge in [0.1, 0.15) is 0 Å². The molecule has 1 aromatic carbocycles. The summed E-state index contributed by atoms with van der Waals surface area (Å²) in [5.41, 5.74) is 7.80. The summed E-state index contributed by atoms with van der Waals surface area (Å²) in [6.07, 6.45) is 1.12. The average molecular weight is 279 g/mol. The largest absolute Gasteiger partial charge is 0.465 e. The molecule has 0 aliphatic heterocycles. The van der Waals surface area contributed by atoms with Gasteiger partial charge in [0, 0.05) is 19.1 Å². The Kier molecular flexibility index (Phi) is 6.31. The van der Waals surface area contributed by atoms with E-state index in [9.17, 15) is 4.79 Å². The number of hydrogen-bond acceptors (Lipinski definition) is 5. The molecule has 0 aliphatic carbocycles. The van der Waals surface area contributed by atoms with Crippen molar-refractivity contribution >= 4 is 17.3 Å². The van der Waals surface area contributed by atoms with Crippen molar-refractivity contribution in [1.29, 1.82) is 0 Å². The summed E-state index contributed by atoms with van der Waals surface area (Å²) in [5.74, 6) is -0.357. The lowest BCUT2D eigenvalue weighted by molar-refractivity contribution is 0.0601. The van der Waals surface area contributed by atoms with E-state index in [4.69, 9.17) is 10.5 Å². The first-order chi connectivity index (χ1) is 9.49. The molecule has 1 aromatic rings. The van der Waals surface area contributed by atoms with E-state index in [1.807, 2.05) is 0 Å². The third-order valence-electron chi connectivity index (χ3n) is 3.60. The van der Waals surface area contributed by atoms with Crippen LogP contribution in [0.1, 0.15) is 30.6 Å². The number of methoxy groups -OCH3 is 1. The first-order valence-electron chi connectivity index (χ1n) is 6.91. The van der Waals surface area contributed by atoms with E-state index in [0.29, 0.717) is 17.3 Å². The van der Waals surface area contributed by atoms with Crippen molar-refractivity contribution in [2.45, 2.75) is 26.3 Å². The molecular weight excluding hydrogens is 254 g/mol. The van der Waals surface area contributed by atoms with Crippen molar-refractivity contribution in [1.82, 2.24) is 4.90 Å². The minimum Gasteiger partial charge on any atom is -0.465 e. The van der Waals surface area contributed by atoms with E-state index in [0.717, 1.165) is 25.2 Å². The van der Waals surface area contributed by atoms with Crippen LogP contribution in [0.25, 0.3) is 0 Å². The van der Waals surface area contributed by atoms with E-state index in [1.54, 1.807) is 18.2 Å². The minimum atomic E-state index is -0.357. The zero-order valence-corrected chi connectivity index (χ0v) is 12.8. The van der Waals surface area contributed by atoms with E-state index >= 15 is 0 Å². The first kappa shape index (κ1) is 16.3. The van der Waals surface area contributed by atoms with Crippen LogP contribution in [0.15, 0.2) is 18.2 Å². The smallest absolute Gasteiger partial charge is 0.337 e. The summed E-state index contributed by atoms with van der Waals surface area (Å²) >= 11 is 0. The van der Waals surface area contributed by atoms with Gasteiger partial charge in [0.25, 0.3) is 0 Å². The lowest BCUT2D eigenvalue weighted by atomic mass is 10.1. The molecule has 0 aromatic heterocycles. The van der Waals surface area contributed by atoms with Gasteiger partial charge in [-0.3, -0.25) is 0 Å². The Morgan fingerprint density at radius 2 is 2.20 bits per heavy atom. The maximum atomic E-state index is 11.5. The fourth-order valence-electron chi connectivity index (χ4n) is 1.85. The third-order valence-corrected chi connectivity index (χ3v) is 3.60. The van der Waals surface area contributed by atoms with E-state index in [2.05, 4.69) is 31.1 Å². The molecule has 3 N–H and O–H groups in total. The van der Waals surface area contributed by atoms with Crippen LogP contribution in [-0.2, 0) is 4.74 Å². The van der Waals surface area contributed by atoms with Crippen molar-refractivity contribution in [2.75, 3.05) is 38.3 Å². The number of nitrogens with zero attached hydrogens (tertiary/aromatic N) is 1. The lowest BCUT2D eigenvalue weighted by Gasteiger charge is -2.23. The summed E-state index contributed by atoms with van der Waals surface area (Å²) in [4.78, 5) is 13.8. The zero-order valence-electron chi connectivity index (χ0n) is 12.8. The SMILES string of the molecule is CCC(C)N(C)CCNc1cc(C(=O)OC)ccc1N. The number of ether oxygens (including phenoxy) is 1. The molecule has 0 fully saturated rings. The van der Waals surface area contributed by atoms with Gasteiger partial charge in [0.15, 0.2) is 0 Å². The van der Waals surface area contributed by atoms with Crippen molar-refractivity contribution in [3.8, 4) is 0 Å². The Morgan fingerprint density at radius 3 is 2.80 bits per heavy atom. The molecule has 1 unspecified atom stereocenters. The lowest BCUT2D eigenvalue weighted by Crippen LogP contribution is -2.32. The fraction of sp³-hybridized carbons (Fsp3) is 0.533. The van der Waals surface area contributed by atoms with E-state index in [1.165, 1.54) is 7.11 Å². The van der Waals surface area contributed by atoms with Gasteiger partial charge in [-0.2, -0.15) is 0 Å². The van der Waals surface area contributed by atoms with Crippen LogP contribution in [0, 0.1) is 0 Å². The topological polar surface area (TPSA) is 67.6 Å². The monoisotopic (exact) mass is 279 g/mol. The van der Waals surface area contributed by atoms with Gasteiger partial charge >= 0.3 is 5.97 Å². The first-order valence-corrected chi connectivity index (χ1v) is 6.91. The molecule has 1 rings (SSSR count). The van der Waals surface area contributed by atoms with E-state index in [-0.39, 0.29) is 5.97 Å². The van der Waals surface area contributed by atoms with Gasteiger partial charge < -0.3 is 20.7 Å². The standard InChI is InChI=1S/C15H25N3O2/c1-5-11(2)18(3)9-8-17-14-10-12(15(19)20-4)6-7-13(14)16/h6-7,10-11,17H,5,8-9,16H2,1-4H3. The minimum absolute atomic E-state index is 0.357. The predicted molar refractivity (Wildman–Crippen MR) is 83.1 cm³/mol. The van der Waals surface area contributed by atoms with Gasteiger partial charge in [-0.25, -0.2) is 4.79 Å². The summed E-state index contributed by atoms with van der Waals surface area (Å²) in [6, 6.07) is 5.66. The van der Waals surface area contributed by atoms with Gasteiger partial charge in [0.05, 0.1) is 24.0 Å². The third kappa shape index (κ3) is 4.42. The highest BCUT2D eigenvalue weighted by atomic mass is 16.5. The summed E-state index contributed by atoms with van der Waals surface area (Å²) in [5, 5.41) is 3.27. The molecule has 0 aliphatic rings. The Hall–Kier alpha value is -1.75. The number of rotatable bonds is 7. The Labute approximate surface area is 121 Å². The van der Waals surface area contributed by atoms with Crippen LogP contribution in [0.2, 0.25) is 0 Å². The Balaban J connectivity index is 2.61. The normalized spacial score (nSPS) is 12.2. The number of anilines is 2. The Morgan fingerprint density at radius 1 is 1.50 bits per heavy atom. The molecule has 0 bridgehead atoms. The van der Waals surface area contributed by atoms with E-state index < -0.39 is 0 Å². The highest BCUT2D eigenvalue weighted by Gasteiger charge is 2.09. The average Bonchev–Trinajstić information content (AvgIpc) is 2.47. The van der Waals surface area contributed by atoms with Crippen LogP contribution < -0.4 is 11.1 Å². The number of carbonyl (C=O) groups excluding carboxylic acids is 1. The molecule has 0 saturated heterocycles. The second kappa shape index (κ2) is 7.75. The molecule has 112 valence electrons. The number of benzene rings is 1. The molecule has 0 radical (unpaired) electrons. The van der Waals surface area contributed by atoms with Gasteiger partial charge in [-0.05, 0) is 38.6 Å². The molecule has 1 atom stereocenters. The van der Waals surface area contributed by atoms with Gasteiger partial charge in [-0.15, -0.1) is 0 Å². The highest BCUT2D eigenvalue weighted by Crippen LogP contribution is 2.20. The number of likely N-dealkylation sites (N-methyl/N-ethyl adjacent to an activating group) is 1. The van der Waals surface area contributed by atoms with Crippen LogP contribution >= 0.6 is 0 Å². The second-order valence-electron chi connectivity index (χ2n) is 4.96. The number of esters is 1. The van der Waals surface area contributed by atoms with Crippen molar-refractivity contribution in [3.63, 3.8) is 0 Å².